The van der Waals surface area contributed by atoms with Crippen LogP contribution in [0.3, 0.4) is 0 Å². The number of carboxylic acids is 1. The Morgan fingerprint density at radius 1 is 1.02 bits per heavy atom. The van der Waals surface area contributed by atoms with Crippen LogP contribution in [0.25, 0.3) is 0 Å². The molecule has 1 aromatic carbocycles. The summed E-state index contributed by atoms with van der Waals surface area (Å²) in [5.74, 6) is -7.98. The van der Waals surface area contributed by atoms with Gasteiger partial charge in [0.25, 0.3) is 5.91 Å². The zero-order valence-corrected chi connectivity index (χ0v) is 34.2. The van der Waals surface area contributed by atoms with E-state index in [2.05, 4.69) is 26.4 Å². The minimum absolute atomic E-state index is 0.0297. The molecule has 2 saturated heterocycles. The molecule has 0 radical (unpaired) electrons. The van der Waals surface area contributed by atoms with Crippen molar-refractivity contribution in [3.8, 4) is 0 Å². The number of nitrogens with zero attached hydrogens (tertiary/aromatic N) is 3. The number of aliphatic hydroxyl groups excluding tert-OH is 2. The van der Waals surface area contributed by atoms with Crippen LogP contribution in [0.15, 0.2) is 17.2 Å². The first-order valence-electron chi connectivity index (χ1n) is 18.9. The van der Waals surface area contributed by atoms with E-state index in [4.69, 9.17) is 32.7 Å². The Bertz CT molecular complexity index is 1980. The van der Waals surface area contributed by atoms with Crippen molar-refractivity contribution in [2.45, 2.75) is 120 Å². The summed E-state index contributed by atoms with van der Waals surface area (Å²) in [5.41, 5.74) is -3.86. The Morgan fingerprint density at radius 3 is 2.29 bits per heavy atom. The largest absolute Gasteiger partial charge is 0.481 e. The van der Waals surface area contributed by atoms with Crippen molar-refractivity contribution in [3.63, 3.8) is 0 Å². The first-order valence-corrected chi connectivity index (χ1v) is 19.6. The Kier molecular flexibility index (Phi) is 12.0. The number of halogens is 2. The van der Waals surface area contributed by atoms with E-state index in [0.717, 1.165) is 16.1 Å². The first kappa shape index (κ1) is 44.0. The highest BCUT2D eigenvalue weighted by Gasteiger charge is 2.63. The molecule has 5 amide bonds. The smallest absolute Gasteiger partial charge is 0.330 e. The van der Waals surface area contributed by atoms with Gasteiger partial charge in [0.05, 0.1) is 47.2 Å². The minimum atomic E-state index is -2.16. The average molecular weight is 869 g/mol. The highest BCUT2D eigenvalue weighted by atomic mass is 35.5. The lowest BCUT2D eigenvalue weighted by Crippen LogP contribution is -2.65. The van der Waals surface area contributed by atoms with Crippen LogP contribution in [-0.2, 0) is 48.6 Å². The number of carbonyl (C=O) groups is 7. The maximum atomic E-state index is 14.9. The summed E-state index contributed by atoms with van der Waals surface area (Å²) >= 11 is 12.8. The standard InChI is InChI=1S/C37H47Cl2N7O13/c1-35(2,3)27-32(55)46-19(10-15(47)13-40-46)29(52)41-18(14-58-5)28(51)42-25(21(48)11-22(49)50)31(54)45-20(30(53)44-26(33(56)59-27)36(4)8-9-36)12-37(57)16-6-7-17(38)23(39)24(16)43-34(37)45/h6-7,13,15,18-21,25-27,34,43,47-48,57H,8-12,14H2,1-5H3,(H,41,52)(H,42,51)(H,44,53)(H,49,50)/t15-,18+,19+,20+,21-,25-,26+,27-,34+,37-/m1/s1. The molecule has 5 aliphatic rings. The van der Waals surface area contributed by atoms with E-state index in [1.807, 2.05) is 0 Å². The number of benzene rings is 1. The third-order valence-electron chi connectivity index (χ3n) is 11.4. The molecule has 59 heavy (non-hydrogen) atoms. The molecule has 20 nitrogen and oxygen atoms in total. The van der Waals surface area contributed by atoms with Gasteiger partial charge in [0.15, 0.2) is 6.10 Å². The molecule has 22 heteroatoms. The summed E-state index contributed by atoms with van der Waals surface area (Å²) in [6.07, 6.45) is -6.80. The number of nitrogens with one attached hydrogen (secondary N) is 4. The Balaban J connectivity index is 1.50. The predicted molar refractivity (Wildman–Crippen MR) is 205 cm³/mol. The second kappa shape index (κ2) is 16.1. The average Bonchev–Trinajstić information content (AvgIpc) is 3.73. The summed E-state index contributed by atoms with van der Waals surface area (Å²) in [6.45, 7) is 5.93. The highest BCUT2D eigenvalue weighted by Crippen LogP contribution is 2.53. The Morgan fingerprint density at radius 2 is 1.68 bits per heavy atom. The molecule has 3 fully saturated rings. The van der Waals surface area contributed by atoms with E-state index in [-0.39, 0.29) is 21.3 Å². The number of rotatable bonds is 6. The van der Waals surface area contributed by atoms with Gasteiger partial charge in [-0.3, -0.25) is 28.8 Å². The number of ether oxygens (including phenoxy) is 2. The molecule has 0 unspecified atom stereocenters. The van der Waals surface area contributed by atoms with Crippen molar-refractivity contribution >= 4 is 76.6 Å². The number of carbonyl (C=O) groups excluding carboxylic acids is 6. The lowest BCUT2D eigenvalue weighted by Gasteiger charge is -2.38. The fourth-order valence-corrected chi connectivity index (χ4v) is 8.27. The van der Waals surface area contributed by atoms with Gasteiger partial charge < -0.3 is 56.1 Å². The van der Waals surface area contributed by atoms with Crippen LogP contribution in [-0.4, -0.2) is 146 Å². The van der Waals surface area contributed by atoms with Crippen molar-refractivity contribution < 1.29 is 63.5 Å². The quantitative estimate of drug-likeness (QED) is 0.163. The van der Waals surface area contributed by atoms with Crippen LogP contribution in [0, 0.1) is 10.8 Å². The second-order valence-corrected chi connectivity index (χ2v) is 17.7. The van der Waals surface area contributed by atoms with Gasteiger partial charge in [-0.25, -0.2) is 9.80 Å². The van der Waals surface area contributed by atoms with Crippen molar-refractivity contribution in [3.05, 3.63) is 27.7 Å². The van der Waals surface area contributed by atoms with Gasteiger partial charge >= 0.3 is 11.9 Å². The fraction of sp³-hybridized carbons (Fsp3) is 0.622. The molecular weight excluding hydrogens is 821 g/mol. The Labute approximate surface area is 347 Å². The molecule has 0 bridgehead atoms. The fourth-order valence-electron chi connectivity index (χ4n) is 7.89. The molecule has 1 aromatic rings. The van der Waals surface area contributed by atoms with Gasteiger partial charge in [-0.1, -0.05) is 57.0 Å². The summed E-state index contributed by atoms with van der Waals surface area (Å²) in [5, 5.41) is 58.9. The number of amides is 5. The number of anilines is 1. The molecule has 1 aliphatic carbocycles. The van der Waals surface area contributed by atoms with Crippen LogP contribution >= 0.6 is 23.2 Å². The van der Waals surface area contributed by atoms with Gasteiger partial charge in [-0.05, 0) is 24.3 Å². The van der Waals surface area contributed by atoms with E-state index in [1.165, 1.54) is 19.2 Å². The molecule has 4 aliphatic heterocycles. The van der Waals surface area contributed by atoms with E-state index in [9.17, 15) is 54.0 Å². The molecule has 4 heterocycles. The third kappa shape index (κ3) is 8.30. The number of aliphatic hydroxyl groups is 3. The molecule has 0 aromatic heterocycles. The zero-order chi connectivity index (χ0) is 43.5. The van der Waals surface area contributed by atoms with Crippen LogP contribution in [0.5, 0.6) is 0 Å². The predicted octanol–water partition coefficient (Wildman–Crippen LogP) is -0.811. The summed E-state index contributed by atoms with van der Waals surface area (Å²) in [4.78, 5) is 98.8. The van der Waals surface area contributed by atoms with Gasteiger partial charge in [-0.15, -0.1) is 0 Å². The van der Waals surface area contributed by atoms with Crippen molar-refractivity contribution in [2.24, 2.45) is 15.9 Å². The van der Waals surface area contributed by atoms with Crippen LogP contribution in [0.1, 0.15) is 65.4 Å². The lowest BCUT2D eigenvalue weighted by atomic mass is 9.87. The number of hydrogen-bond acceptors (Lipinski definition) is 14. The maximum Gasteiger partial charge on any atom is 0.330 e. The van der Waals surface area contributed by atoms with Gasteiger partial charge in [0.2, 0.25) is 23.6 Å². The van der Waals surface area contributed by atoms with E-state index >= 15 is 0 Å². The molecular formula is C37H47Cl2N7O13. The van der Waals surface area contributed by atoms with Crippen LogP contribution in [0.4, 0.5) is 5.69 Å². The number of fused-ring (bicyclic) bond motifs is 6. The van der Waals surface area contributed by atoms with Crippen LogP contribution < -0.4 is 21.3 Å². The number of hydrogen-bond donors (Lipinski definition) is 8. The number of methoxy groups -OCH3 is 1. The number of esters is 1. The molecule has 8 N–H and O–H groups in total. The molecule has 6 rings (SSSR count). The summed E-state index contributed by atoms with van der Waals surface area (Å²) < 4.78 is 11.1. The van der Waals surface area contributed by atoms with E-state index in [0.29, 0.717) is 12.8 Å². The number of hydrazone groups is 1. The van der Waals surface area contributed by atoms with Crippen LogP contribution in [0.2, 0.25) is 10.0 Å². The molecule has 0 spiro atoms. The van der Waals surface area contributed by atoms with E-state index in [1.54, 1.807) is 27.7 Å². The summed E-state index contributed by atoms with van der Waals surface area (Å²) in [6, 6.07) is -5.67. The Hall–Kier alpha value is -4.60. The third-order valence-corrected chi connectivity index (χ3v) is 12.2. The first-order chi connectivity index (χ1) is 27.5. The maximum absolute atomic E-state index is 14.9. The normalized spacial score (nSPS) is 32.8. The monoisotopic (exact) mass is 867 g/mol. The SMILES string of the molecule is COC[C@@H]1NC(=O)[C@@H]2C[C@@H](O)C=NN2C(=O)[C@H](C(C)(C)C)OC(=O)[C@@H](C2(C)CC2)NC(=O)[C@@H]2C[C@@]3(O)c4ccc(Cl)c(Cl)c4N[C@H]3N2C(=O)[C@@H]([C@H](O)CC(=O)O)NC1=O. The molecule has 322 valence electrons. The van der Waals surface area contributed by atoms with E-state index < -0.39 is 138 Å². The van der Waals surface area contributed by atoms with Crippen molar-refractivity contribution in [2.75, 3.05) is 19.0 Å². The highest BCUT2D eigenvalue weighted by molar-refractivity contribution is 6.44. The second-order valence-electron chi connectivity index (χ2n) is 16.9. The van der Waals surface area contributed by atoms with Gasteiger partial charge in [0.1, 0.15) is 42.0 Å². The van der Waals surface area contributed by atoms with Crippen molar-refractivity contribution in [1.82, 2.24) is 25.9 Å². The number of aliphatic carboxylic acids is 1. The lowest BCUT2D eigenvalue weighted by molar-refractivity contribution is -0.173. The molecule has 10 atom stereocenters. The number of cyclic esters (lactones) is 1. The minimum Gasteiger partial charge on any atom is -0.481 e. The van der Waals surface area contributed by atoms with Gasteiger partial charge in [0, 0.05) is 30.9 Å². The topological polar surface area (TPSA) is 286 Å². The molecule has 1 saturated carbocycles. The zero-order valence-electron chi connectivity index (χ0n) is 32.7. The summed E-state index contributed by atoms with van der Waals surface area (Å²) in [7, 11) is 1.18. The van der Waals surface area contributed by atoms with Crippen molar-refractivity contribution in [1.29, 1.82) is 0 Å². The number of carboxylic acid groups (broad SMARTS) is 1. The van der Waals surface area contributed by atoms with Gasteiger partial charge in [-0.2, -0.15) is 5.10 Å².